The number of hydrogen-bond donors (Lipinski definition) is 2. The first-order chi connectivity index (χ1) is 8.84. The Bertz CT molecular complexity index is 275. The molecule has 0 aromatic carbocycles. The maximum Gasteiger partial charge on any atom is 0.236 e. The third kappa shape index (κ3) is 5.52. The molecule has 0 saturated heterocycles. The van der Waals surface area contributed by atoms with Gasteiger partial charge in [0.1, 0.15) is 0 Å². The molecule has 1 aliphatic carbocycles. The van der Waals surface area contributed by atoms with Crippen LogP contribution < -0.4 is 10.6 Å². The van der Waals surface area contributed by atoms with Gasteiger partial charge >= 0.3 is 0 Å². The van der Waals surface area contributed by atoms with Gasteiger partial charge < -0.3 is 10.6 Å². The highest BCUT2D eigenvalue weighted by Crippen LogP contribution is 2.37. The molecule has 3 heteroatoms. The Labute approximate surface area is 118 Å². The van der Waals surface area contributed by atoms with Gasteiger partial charge in [0, 0.05) is 12.6 Å². The van der Waals surface area contributed by atoms with E-state index in [-0.39, 0.29) is 11.9 Å². The molecule has 1 amide bonds. The molecule has 112 valence electrons. The molecule has 0 spiro atoms. The van der Waals surface area contributed by atoms with Gasteiger partial charge in [-0.3, -0.25) is 4.79 Å². The first-order valence-corrected chi connectivity index (χ1v) is 7.88. The summed E-state index contributed by atoms with van der Waals surface area (Å²) >= 11 is 0. The van der Waals surface area contributed by atoms with E-state index in [4.69, 9.17) is 0 Å². The van der Waals surface area contributed by atoms with Crippen LogP contribution in [0.5, 0.6) is 0 Å². The van der Waals surface area contributed by atoms with E-state index >= 15 is 0 Å². The predicted molar refractivity (Wildman–Crippen MR) is 81.1 cm³/mol. The van der Waals surface area contributed by atoms with Gasteiger partial charge in [0.05, 0.1) is 6.04 Å². The van der Waals surface area contributed by atoms with E-state index in [0.717, 1.165) is 18.9 Å². The molecule has 1 rings (SSSR count). The molecule has 19 heavy (non-hydrogen) atoms. The molecule has 1 atom stereocenters. The Morgan fingerprint density at radius 3 is 2.26 bits per heavy atom. The van der Waals surface area contributed by atoms with Gasteiger partial charge in [-0.05, 0) is 50.4 Å². The minimum atomic E-state index is -0.0669. The van der Waals surface area contributed by atoms with Crippen LogP contribution in [0.25, 0.3) is 0 Å². The third-order valence-electron chi connectivity index (χ3n) is 4.38. The van der Waals surface area contributed by atoms with E-state index in [0.29, 0.717) is 11.5 Å². The number of amides is 1. The second-order valence-corrected chi connectivity index (χ2v) is 7.09. The second-order valence-electron chi connectivity index (χ2n) is 7.09. The third-order valence-corrected chi connectivity index (χ3v) is 4.38. The maximum atomic E-state index is 11.8. The zero-order valence-corrected chi connectivity index (χ0v) is 13.4. The van der Waals surface area contributed by atoms with E-state index in [1.807, 2.05) is 6.92 Å². The Hall–Kier alpha value is -0.570. The fourth-order valence-corrected chi connectivity index (χ4v) is 2.96. The summed E-state index contributed by atoms with van der Waals surface area (Å²) in [6.45, 7) is 11.8. The monoisotopic (exact) mass is 268 g/mol. The SMILES string of the molecule is CCCNC(=O)C(C)NC1CCC(C(C)(C)C)CC1. The summed E-state index contributed by atoms with van der Waals surface area (Å²) in [7, 11) is 0. The number of hydrogen-bond acceptors (Lipinski definition) is 2. The quantitative estimate of drug-likeness (QED) is 0.804. The smallest absolute Gasteiger partial charge is 0.236 e. The molecule has 0 aromatic heterocycles. The molecular weight excluding hydrogens is 236 g/mol. The van der Waals surface area contributed by atoms with Crippen LogP contribution in [0.1, 0.15) is 66.7 Å². The molecule has 0 aliphatic heterocycles. The first-order valence-electron chi connectivity index (χ1n) is 7.88. The van der Waals surface area contributed by atoms with Gasteiger partial charge in [-0.25, -0.2) is 0 Å². The van der Waals surface area contributed by atoms with Crippen molar-refractivity contribution in [2.75, 3.05) is 6.54 Å². The van der Waals surface area contributed by atoms with Gasteiger partial charge in [-0.15, -0.1) is 0 Å². The standard InChI is InChI=1S/C16H32N2O/c1-6-11-17-15(19)12(2)18-14-9-7-13(8-10-14)16(3,4)5/h12-14,18H,6-11H2,1-5H3,(H,17,19). The molecule has 1 saturated carbocycles. The topological polar surface area (TPSA) is 41.1 Å². The molecule has 0 heterocycles. The van der Waals surface area contributed by atoms with Crippen LogP contribution in [0.4, 0.5) is 0 Å². The highest BCUT2D eigenvalue weighted by Gasteiger charge is 2.30. The van der Waals surface area contributed by atoms with Crippen molar-refractivity contribution >= 4 is 5.91 Å². The molecule has 1 fully saturated rings. The van der Waals surface area contributed by atoms with Crippen LogP contribution in [0.3, 0.4) is 0 Å². The Morgan fingerprint density at radius 2 is 1.79 bits per heavy atom. The number of rotatable bonds is 5. The van der Waals surface area contributed by atoms with Crippen molar-refractivity contribution in [1.82, 2.24) is 10.6 Å². The van der Waals surface area contributed by atoms with Crippen molar-refractivity contribution in [2.45, 2.75) is 78.8 Å². The van der Waals surface area contributed by atoms with E-state index < -0.39 is 0 Å². The number of carbonyl (C=O) groups excluding carboxylic acids is 1. The maximum absolute atomic E-state index is 11.8. The highest BCUT2D eigenvalue weighted by atomic mass is 16.2. The molecular formula is C16H32N2O. The molecule has 3 nitrogen and oxygen atoms in total. The largest absolute Gasteiger partial charge is 0.355 e. The minimum absolute atomic E-state index is 0.0669. The summed E-state index contributed by atoms with van der Waals surface area (Å²) < 4.78 is 0. The van der Waals surface area contributed by atoms with Crippen LogP contribution >= 0.6 is 0 Å². The zero-order chi connectivity index (χ0) is 14.5. The van der Waals surface area contributed by atoms with E-state index in [1.165, 1.54) is 25.7 Å². The Kier molecular flexibility index (Phi) is 6.31. The lowest BCUT2D eigenvalue weighted by Crippen LogP contribution is -2.48. The van der Waals surface area contributed by atoms with Crippen molar-refractivity contribution < 1.29 is 4.79 Å². The average Bonchev–Trinajstić information content (AvgIpc) is 2.35. The summed E-state index contributed by atoms with van der Waals surface area (Å²) in [6.07, 6.45) is 5.96. The fourth-order valence-electron chi connectivity index (χ4n) is 2.96. The summed E-state index contributed by atoms with van der Waals surface area (Å²) in [6, 6.07) is 0.448. The summed E-state index contributed by atoms with van der Waals surface area (Å²) in [5.74, 6) is 0.967. The van der Waals surface area contributed by atoms with Crippen LogP contribution in [0.2, 0.25) is 0 Å². The number of nitrogens with one attached hydrogen (secondary N) is 2. The lowest BCUT2D eigenvalue weighted by molar-refractivity contribution is -0.123. The van der Waals surface area contributed by atoms with Gasteiger partial charge in [0.15, 0.2) is 0 Å². The van der Waals surface area contributed by atoms with Crippen molar-refractivity contribution in [3.63, 3.8) is 0 Å². The minimum Gasteiger partial charge on any atom is -0.355 e. The zero-order valence-electron chi connectivity index (χ0n) is 13.4. The molecule has 0 aromatic rings. The summed E-state index contributed by atoms with van der Waals surface area (Å²) in [5.41, 5.74) is 0.426. The lowest BCUT2D eigenvalue weighted by atomic mass is 9.71. The van der Waals surface area contributed by atoms with Crippen molar-refractivity contribution in [2.24, 2.45) is 11.3 Å². The lowest BCUT2D eigenvalue weighted by Gasteiger charge is -2.37. The first kappa shape index (κ1) is 16.5. The molecule has 2 N–H and O–H groups in total. The van der Waals surface area contributed by atoms with Crippen LogP contribution in [-0.2, 0) is 4.79 Å². The molecule has 0 radical (unpaired) electrons. The Balaban J connectivity index is 2.30. The summed E-state index contributed by atoms with van der Waals surface area (Å²) in [4.78, 5) is 11.8. The van der Waals surface area contributed by atoms with E-state index in [9.17, 15) is 4.79 Å². The summed E-state index contributed by atoms with van der Waals surface area (Å²) in [5, 5.41) is 6.44. The van der Waals surface area contributed by atoms with Crippen LogP contribution in [-0.4, -0.2) is 24.5 Å². The fraction of sp³-hybridized carbons (Fsp3) is 0.938. The second kappa shape index (κ2) is 7.28. The van der Waals surface area contributed by atoms with Crippen LogP contribution in [0, 0.1) is 11.3 Å². The number of carbonyl (C=O) groups is 1. The van der Waals surface area contributed by atoms with Gasteiger partial charge in [-0.2, -0.15) is 0 Å². The molecule has 1 unspecified atom stereocenters. The average molecular weight is 268 g/mol. The highest BCUT2D eigenvalue weighted by molar-refractivity contribution is 5.81. The normalized spacial score (nSPS) is 25.9. The predicted octanol–water partition coefficient (Wildman–Crippen LogP) is 3.10. The van der Waals surface area contributed by atoms with Crippen LogP contribution in [0.15, 0.2) is 0 Å². The van der Waals surface area contributed by atoms with Gasteiger partial charge in [0.25, 0.3) is 0 Å². The van der Waals surface area contributed by atoms with Crippen molar-refractivity contribution in [3.8, 4) is 0 Å². The molecule has 1 aliphatic rings. The Morgan fingerprint density at radius 1 is 1.21 bits per heavy atom. The van der Waals surface area contributed by atoms with Gasteiger partial charge in [0.2, 0.25) is 5.91 Å². The van der Waals surface area contributed by atoms with E-state index in [1.54, 1.807) is 0 Å². The van der Waals surface area contributed by atoms with Gasteiger partial charge in [-0.1, -0.05) is 27.7 Å². The van der Waals surface area contributed by atoms with Crippen molar-refractivity contribution in [3.05, 3.63) is 0 Å². The van der Waals surface area contributed by atoms with Crippen molar-refractivity contribution in [1.29, 1.82) is 0 Å². The molecule has 0 bridgehead atoms. The van der Waals surface area contributed by atoms with E-state index in [2.05, 4.69) is 38.3 Å².